The average Bonchev–Trinajstić information content (AvgIpc) is 2.42. The SMILES string of the molecule is [B]c1cc2c3c(ccc4cc(C(C)(C)C)cc(c43)CC2)c1. The number of benzene rings is 3. The summed E-state index contributed by atoms with van der Waals surface area (Å²) < 4.78 is 0. The van der Waals surface area contributed by atoms with E-state index >= 15 is 0 Å². The van der Waals surface area contributed by atoms with Crippen LogP contribution in [0.4, 0.5) is 0 Å². The fourth-order valence-corrected chi connectivity index (χ4v) is 3.63. The van der Waals surface area contributed by atoms with Crippen molar-refractivity contribution in [3.05, 3.63) is 53.1 Å². The maximum atomic E-state index is 6.05. The zero-order valence-corrected chi connectivity index (χ0v) is 13.0. The van der Waals surface area contributed by atoms with Crippen LogP contribution in [0.25, 0.3) is 21.5 Å². The van der Waals surface area contributed by atoms with E-state index in [1.165, 1.54) is 38.2 Å². The largest absolute Gasteiger partial charge is 0.113 e. The summed E-state index contributed by atoms with van der Waals surface area (Å²) in [5, 5.41) is 5.52. The molecule has 0 aliphatic heterocycles. The minimum atomic E-state index is 0.195. The lowest BCUT2D eigenvalue weighted by Gasteiger charge is -2.25. The highest BCUT2D eigenvalue weighted by molar-refractivity contribution is 6.34. The molecule has 0 saturated heterocycles. The van der Waals surface area contributed by atoms with Gasteiger partial charge in [0.2, 0.25) is 0 Å². The topological polar surface area (TPSA) is 0 Å². The summed E-state index contributed by atoms with van der Waals surface area (Å²) in [6.07, 6.45) is 2.22. The Bertz CT molecular complexity index is 882. The van der Waals surface area contributed by atoms with Gasteiger partial charge in [-0.25, -0.2) is 0 Å². The van der Waals surface area contributed by atoms with Crippen molar-refractivity contribution in [3.63, 3.8) is 0 Å². The molecule has 0 aromatic heterocycles. The Labute approximate surface area is 127 Å². The van der Waals surface area contributed by atoms with Gasteiger partial charge in [0.1, 0.15) is 7.85 Å². The van der Waals surface area contributed by atoms with Gasteiger partial charge in [0.25, 0.3) is 0 Å². The first-order valence-corrected chi connectivity index (χ1v) is 7.72. The van der Waals surface area contributed by atoms with Crippen molar-refractivity contribution in [1.82, 2.24) is 0 Å². The molecule has 3 aromatic rings. The molecular formula is C20H19B. The summed E-state index contributed by atoms with van der Waals surface area (Å²) in [7, 11) is 6.05. The molecule has 0 atom stereocenters. The second-order valence-corrected chi connectivity index (χ2v) is 7.33. The van der Waals surface area contributed by atoms with Crippen molar-refractivity contribution in [3.8, 4) is 0 Å². The van der Waals surface area contributed by atoms with Crippen molar-refractivity contribution in [2.24, 2.45) is 0 Å². The van der Waals surface area contributed by atoms with Crippen LogP contribution in [0.5, 0.6) is 0 Å². The van der Waals surface area contributed by atoms with Gasteiger partial charge in [-0.2, -0.15) is 0 Å². The fraction of sp³-hybridized carbons (Fsp3) is 0.300. The first-order valence-electron chi connectivity index (χ1n) is 7.72. The van der Waals surface area contributed by atoms with Gasteiger partial charge in [-0.05, 0) is 56.5 Å². The van der Waals surface area contributed by atoms with E-state index in [4.69, 9.17) is 7.85 Å². The van der Waals surface area contributed by atoms with Crippen LogP contribution in [-0.4, -0.2) is 7.85 Å². The molecule has 1 aliphatic carbocycles. The smallest absolute Gasteiger partial charge is 0.0958 e. The Morgan fingerprint density at radius 3 is 2.00 bits per heavy atom. The minimum Gasteiger partial charge on any atom is -0.0958 e. The fourth-order valence-electron chi connectivity index (χ4n) is 3.63. The number of aryl methyl sites for hydroxylation is 2. The normalized spacial score (nSPS) is 14.2. The lowest BCUT2D eigenvalue weighted by Crippen LogP contribution is -2.13. The monoisotopic (exact) mass is 270 g/mol. The van der Waals surface area contributed by atoms with Crippen LogP contribution in [0.3, 0.4) is 0 Å². The molecule has 21 heavy (non-hydrogen) atoms. The van der Waals surface area contributed by atoms with Crippen LogP contribution < -0.4 is 5.46 Å². The molecule has 102 valence electrons. The van der Waals surface area contributed by atoms with Gasteiger partial charge in [-0.15, -0.1) is 0 Å². The van der Waals surface area contributed by atoms with Crippen molar-refractivity contribution in [1.29, 1.82) is 0 Å². The standard InChI is InChI=1S/C20H19B/c1-20(2,3)16-8-12-4-6-14-10-17(21)11-15-7-5-13(9-16)18(12)19(14)15/h4,6,8-11H,5,7H2,1-3H3. The quantitative estimate of drug-likeness (QED) is 0.424. The predicted octanol–water partition coefficient (Wildman–Crippen LogP) is 4.18. The summed E-state index contributed by atoms with van der Waals surface area (Å²) in [5.41, 5.74) is 5.42. The van der Waals surface area contributed by atoms with Gasteiger partial charge in [0.05, 0.1) is 0 Å². The summed E-state index contributed by atoms with van der Waals surface area (Å²) >= 11 is 0. The molecule has 1 heteroatoms. The molecule has 0 nitrogen and oxygen atoms in total. The van der Waals surface area contributed by atoms with E-state index < -0.39 is 0 Å². The molecule has 0 bridgehead atoms. The van der Waals surface area contributed by atoms with Crippen molar-refractivity contribution < 1.29 is 0 Å². The highest BCUT2D eigenvalue weighted by Crippen LogP contribution is 2.38. The molecule has 0 heterocycles. The summed E-state index contributed by atoms with van der Waals surface area (Å²) in [6, 6.07) is 13.5. The zero-order valence-electron chi connectivity index (χ0n) is 13.0. The summed E-state index contributed by atoms with van der Waals surface area (Å²) in [4.78, 5) is 0. The van der Waals surface area contributed by atoms with Gasteiger partial charge >= 0.3 is 0 Å². The highest BCUT2D eigenvalue weighted by atomic mass is 14.2. The van der Waals surface area contributed by atoms with Crippen molar-refractivity contribution in [2.45, 2.75) is 39.0 Å². The van der Waals surface area contributed by atoms with E-state index in [0.29, 0.717) is 0 Å². The van der Waals surface area contributed by atoms with Crippen LogP contribution >= 0.6 is 0 Å². The Hall–Kier alpha value is -1.76. The summed E-state index contributed by atoms with van der Waals surface area (Å²) in [6.45, 7) is 6.87. The van der Waals surface area contributed by atoms with Gasteiger partial charge in [-0.1, -0.05) is 62.6 Å². The minimum absolute atomic E-state index is 0.195. The molecule has 0 N–H and O–H groups in total. The predicted molar refractivity (Wildman–Crippen MR) is 93.0 cm³/mol. The molecule has 0 saturated carbocycles. The third-order valence-electron chi connectivity index (χ3n) is 4.75. The molecule has 0 amide bonds. The van der Waals surface area contributed by atoms with Crippen LogP contribution in [0.1, 0.15) is 37.5 Å². The molecule has 0 unspecified atom stereocenters. The van der Waals surface area contributed by atoms with E-state index in [1.807, 2.05) is 0 Å². The van der Waals surface area contributed by atoms with E-state index in [0.717, 1.165) is 18.3 Å². The van der Waals surface area contributed by atoms with Crippen molar-refractivity contribution >= 4 is 34.9 Å². The van der Waals surface area contributed by atoms with Crippen molar-refractivity contribution in [2.75, 3.05) is 0 Å². The van der Waals surface area contributed by atoms with Crippen LogP contribution in [0, 0.1) is 0 Å². The average molecular weight is 270 g/mol. The van der Waals surface area contributed by atoms with Gasteiger partial charge in [0.15, 0.2) is 0 Å². The summed E-state index contributed by atoms with van der Waals surface area (Å²) in [5.74, 6) is 0. The molecule has 1 aliphatic rings. The third-order valence-corrected chi connectivity index (χ3v) is 4.75. The van der Waals surface area contributed by atoms with Gasteiger partial charge in [0, 0.05) is 0 Å². The van der Waals surface area contributed by atoms with Gasteiger partial charge in [-0.3, -0.25) is 0 Å². The maximum Gasteiger partial charge on any atom is 0.113 e. The second-order valence-electron chi connectivity index (χ2n) is 7.33. The lowest BCUT2D eigenvalue weighted by atomic mass is 9.78. The third kappa shape index (κ3) is 1.91. The molecular weight excluding hydrogens is 251 g/mol. The van der Waals surface area contributed by atoms with E-state index in [1.54, 1.807) is 0 Å². The van der Waals surface area contributed by atoms with E-state index in [2.05, 4.69) is 57.2 Å². The second kappa shape index (κ2) is 4.13. The van der Waals surface area contributed by atoms with Crippen LogP contribution in [-0.2, 0) is 18.3 Å². The van der Waals surface area contributed by atoms with Crippen LogP contribution in [0.2, 0.25) is 0 Å². The van der Waals surface area contributed by atoms with E-state index in [-0.39, 0.29) is 5.41 Å². The Morgan fingerprint density at radius 1 is 0.810 bits per heavy atom. The Kier molecular flexibility index (Phi) is 2.55. The highest BCUT2D eigenvalue weighted by Gasteiger charge is 2.20. The molecule has 2 radical (unpaired) electrons. The number of hydrogen-bond donors (Lipinski definition) is 0. The van der Waals surface area contributed by atoms with Gasteiger partial charge < -0.3 is 0 Å². The number of rotatable bonds is 0. The number of hydrogen-bond acceptors (Lipinski definition) is 0. The molecule has 3 aromatic carbocycles. The first kappa shape index (κ1) is 12.9. The maximum absolute atomic E-state index is 6.05. The first-order chi connectivity index (χ1) is 9.93. The van der Waals surface area contributed by atoms with E-state index in [9.17, 15) is 0 Å². The molecule has 0 spiro atoms. The Balaban J connectivity index is 2.17. The Morgan fingerprint density at radius 2 is 1.38 bits per heavy atom. The molecule has 4 rings (SSSR count). The zero-order chi connectivity index (χ0) is 14.8. The lowest BCUT2D eigenvalue weighted by molar-refractivity contribution is 0.590. The van der Waals surface area contributed by atoms with Crippen LogP contribution in [0.15, 0.2) is 36.4 Å². The molecule has 0 fully saturated rings.